The first-order chi connectivity index (χ1) is 14.8. The van der Waals surface area contributed by atoms with Crippen LogP contribution in [-0.4, -0.2) is 61.1 Å². The van der Waals surface area contributed by atoms with E-state index in [2.05, 4.69) is 15.5 Å². The molecule has 8 nitrogen and oxygen atoms in total. The zero-order valence-electron chi connectivity index (χ0n) is 18.2. The Hall–Kier alpha value is -2.32. The van der Waals surface area contributed by atoms with E-state index in [1.165, 1.54) is 20.1 Å². The molecule has 2 heterocycles. The van der Waals surface area contributed by atoms with E-state index in [1.54, 1.807) is 6.07 Å². The normalized spacial score (nSPS) is 23.0. The van der Waals surface area contributed by atoms with Crippen LogP contribution in [0.5, 0.6) is 5.75 Å². The Labute approximate surface area is 187 Å². The van der Waals surface area contributed by atoms with Gasteiger partial charge in [0.2, 0.25) is 5.91 Å². The molecule has 0 saturated carbocycles. The van der Waals surface area contributed by atoms with Crippen LogP contribution in [0.1, 0.15) is 56.3 Å². The summed E-state index contributed by atoms with van der Waals surface area (Å²) in [5.74, 6) is -0.386. The van der Waals surface area contributed by atoms with E-state index in [0.717, 1.165) is 32.1 Å². The lowest BCUT2D eigenvalue weighted by molar-refractivity contribution is -0.147. The van der Waals surface area contributed by atoms with Crippen molar-refractivity contribution < 1.29 is 23.9 Å². The fourth-order valence-corrected chi connectivity index (χ4v) is 4.87. The molecule has 9 heteroatoms. The summed E-state index contributed by atoms with van der Waals surface area (Å²) in [6.45, 7) is 3.88. The summed E-state index contributed by atoms with van der Waals surface area (Å²) >= 11 is 6.26. The standard InChI is InChI=1S/C22H30ClN3O5/c1-4-31-21(28)12-26-15-6-5-7-16(26)9-14(8-15)25-22(29)17-10-18(23)19(24-13(2)27)11-20(17)30-3/h10-11,14-16H,4-9,12H2,1-3H3,(H,24,27)(H,25,29)/t14?,15-,16+. The number of methoxy groups -OCH3 is 1. The number of rotatable bonds is 7. The van der Waals surface area contributed by atoms with Gasteiger partial charge >= 0.3 is 5.97 Å². The van der Waals surface area contributed by atoms with E-state index >= 15 is 0 Å². The predicted octanol–water partition coefficient (Wildman–Crippen LogP) is 2.99. The molecule has 0 radical (unpaired) electrons. The summed E-state index contributed by atoms with van der Waals surface area (Å²) in [6, 6.07) is 3.55. The van der Waals surface area contributed by atoms with Gasteiger partial charge in [-0.25, -0.2) is 0 Å². The molecule has 0 aromatic heterocycles. The first kappa shape index (κ1) is 23.3. The lowest BCUT2D eigenvalue weighted by atomic mass is 9.81. The molecule has 2 aliphatic heterocycles. The molecule has 0 aliphatic carbocycles. The van der Waals surface area contributed by atoms with E-state index in [0.29, 0.717) is 30.2 Å². The minimum absolute atomic E-state index is 0.000233. The number of amides is 2. The van der Waals surface area contributed by atoms with Crippen molar-refractivity contribution in [3.8, 4) is 5.75 Å². The van der Waals surface area contributed by atoms with E-state index in [-0.39, 0.29) is 40.9 Å². The van der Waals surface area contributed by atoms with Crippen molar-refractivity contribution in [3.05, 3.63) is 22.7 Å². The van der Waals surface area contributed by atoms with Crippen LogP contribution in [0.25, 0.3) is 0 Å². The summed E-state index contributed by atoms with van der Waals surface area (Å²) < 4.78 is 10.5. The Morgan fingerprint density at radius 2 is 1.87 bits per heavy atom. The molecule has 2 bridgehead atoms. The molecule has 3 atom stereocenters. The monoisotopic (exact) mass is 451 g/mol. The number of fused-ring (bicyclic) bond motifs is 2. The van der Waals surface area contributed by atoms with Crippen LogP contribution in [-0.2, 0) is 14.3 Å². The third kappa shape index (κ3) is 5.68. The highest BCUT2D eigenvalue weighted by Crippen LogP contribution is 2.35. The van der Waals surface area contributed by atoms with Crippen LogP contribution in [0.3, 0.4) is 0 Å². The maximum atomic E-state index is 13.0. The second kappa shape index (κ2) is 10.3. The van der Waals surface area contributed by atoms with Gasteiger partial charge in [0.1, 0.15) is 5.75 Å². The highest BCUT2D eigenvalue weighted by Gasteiger charge is 2.39. The maximum absolute atomic E-state index is 13.0. The molecule has 2 amide bonds. The summed E-state index contributed by atoms with van der Waals surface area (Å²) in [7, 11) is 1.47. The zero-order valence-corrected chi connectivity index (χ0v) is 19.0. The van der Waals surface area contributed by atoms with Gasteiger partial charge in [0.05, 0.1) is 36.5 Å². The predicted molar refractivity (Wildman–Crippen MR) is 118 cm³/mol. The Balaban J connectivity index is 1.69. The van der Waals surface area contributed by atoms with E-state index in [9.17, 15) is 14.4 Å². The zero-order chi connectivity index (χ0) is 22.5. The topological polar surface area (TPSA) is 97.0 Å². The van der Waals surface area contributed by atoms with Gasteiger partial charge in [-0.05, 0) is 38.7 Å². The Kier molecular flexibility index (Phi) is 7.78. The first-order valence-corrected chi connectivity index (χ1v) is 11.1. The number of piperidine rings is 2. The summed E-state index contributed by atoms with van der Waals surface area (Å²) in [5.41, 5.74) is 0.713. The molecule has 170 valence electrons. The number of anilines is 1. The van der Waals surface area contributed by atoms with E-state index < -0.39 is 0 Å². The maximum Gasteiger partial charge on any atom is 0.320 e. The van der Waals surface area contributed by atoms with Gasteiger partial charge in [-0.2, -0.15) is 0 Å². The third-order valence-corrected chi connectivity index (χ3v) is 6.24. The van der Waals surface area contributed by atoms with Crippen LogP contribution in [0.2, 0.25) is 5.02 Å². The Morgan fingerprint density at radius 1 is 1.19 bits per heavy atom. The Morgan fingerprint density at radius 3 is 2.45 bits per heavy atom. The number of carbonyl (C=O) groups is 3. The van der Waals surface area contributed by atoms with Gasteiger partial charge in [-0.3, -0.25) is 19.3 Å². The van der Waals surface area contributed by atoms with E-state index in [4.69, 9.17) is 21.1 Å². The average molecular weight is 452 g/mol. The average Bonchev–Trinajstić information content (AvgIpc) is 2.69. The summed E-state index contributed by atoms with van der Waals surface area (Å²) in [6.07, 6.45) is 4.69. The van der Waals surface area contributed by atoms with Gasteiger partial charge in [0.25, 0.3) is 5.91 Å². The second-order valence-corrected chi connectivity index (χ2v) is 8.48. The molecule has 31 heavy (non-hydrogen) atoms. The molecule has 1 aromatic carbocycles. The van der Waals surface area contributed by atoms with Crippen molar-refractivity contribution in [3.63, 3.8) is 0 Å². The molecule has 1 aromatic rings. The van der Waals surface area contributed by atoms with Gasteiger partial charge in [-0.1, -0.05) is 18.0 Å². The van der Waals surface area contributed by atoms with Crippen LogP contribution >= 0.6 is 11.6 Å². The van der Waals surface area contributed by atoms with Crippen LogP contribution < -0.4 is 15.4 Å². The van der Waals surface area contributed by atoms with Crippen molar-refractivity contribution >= 4 is 35.1 Å². The fraction of sp³-hybridized carbons (Fsp3) is 0.591. The first-order valence-electron chi connectivity index (χ1n) is 10.7. The lowest BCUT2D eigenvalue weighted by Crippen LogP contribution is -2.58. The fourth-order valence-electron chi connectivity index (χ4n) is 4.66. The molecular formula is C22H30ClN3O5. The number of benzene rings is 1. The SMILES string of the molecule is CCOC(=O)CN1[C@@H]2CCC[C@H]1CC(NC(=O)c1cc(Cl)c(NC(C)=O)cc1OC)C2. The van der Waals surface area contributed by atoms with Crippen molar-refractivity contribution in [2.24, 2.45) is 0 Å². The minimum atomic E-state index is -0.268. The molecule has 2 N–H and O–H groups in total. The number of nitrogens with one attached hydrogen (secondary N) is 2. The quantitative estimate of drug-likeness (QED) is 0.618. The summed E-state index contributed by atoms with van der Waals surface area (Å²) in [4.78, 5) is 38.6. The number of hydrogen-bond acceptors (Lipinski definition) is 6. The highest BCUT2D eigenvalue weighted by atomic mass is 35.5. The molecule has 0 spiro atoms. The molecule has 2 fully saturated rings. The van der Waals surface area contributed by atoms with Crippen LogP contribution in [0, 0.1) is 0 Å². The van der Waals surface area contributed by atoms with Crippen molar-refractivity contribution in [1.29, 1.82) is 0 Å². The number of halogens is 1. The number of nitrogens with zero attached hydrogens (tertiary/aromatic N) is 1. The minimum Gasteiger partial charge on any atom is -0.496 e. The van der Waals surface area contributed by atoms with Gasteiger partial charge in [0.15, 0.2) is 0 Å². The van der Waals surface area contributed by atoms with Crippen LogP contribution in [0.4, 0.5) is 5.69 Å². The molecule has 2 aliphatic rings. The summed E-state index contributed by atoms with van der Waals surface area (Å²) in [5, 5.41) is 6.01. The lowest BCUT2D eigenvalue weighted by Gasteiger charge is -2.48. The van der Waals surface area contributed by atoms with Crippen molar-refractivity contribution in [1.82, 2.24) is 10.2 Å². The van der Waals surface area contributed by atoms with Crippen molar-refractivity contribution in [2.75, 3.05) is 25.6 Å². The van der Waals surface area contributed by atoms with Gasteiger partial charge < -0.3 is 20.1 Å². The van der Waals surface area contributed by atoms with Crippen LogP contribution in [0.15, 0.2) is 12.1 Å². The smallest absolute Gasteiger partial charge is 0.320 e. The highest BCUT2D eigenvalue weighted by molar-refractivity contribution is 6.34. The number of esters is 1. The molecule has 1 unspecified atom stereocenters. The Bertz CT molecular complexity index is 833. The number of hydrogen-bond donors (Lipinski definition) is 2. The second-order valence-electron chi connectivity index (χ2n) is 8.07. The van der Waals surface area contributed by atoms with Crippen molar-refractivity contribution in [2.45, 2.75) is 64.1 Å². The number of ether oxygens (including phenoxy) is 2. The number of carbonyl (C=O) groups excluding carboxylic acids is 3. The van der Waals surface area contributed by atoms with Gasteiger partial charge in [0, 0.05) is 31.1 Å². The molecular weight excluding hydrogens is 422 g/mol. The van der Waals surface area contributed by atoms with Gasteiger partial charge in [-0.15, -0.1) is 0 Å². The third-order valence-electron chi connectivity index (χ3n) is 5.92. The molecule has 3 rings (SSSR count). The molecule has 2 saturated heterocycles. The largest absolute Gasteiger partial charge is 0.496 e. The van der Waals surface area contributed by atoms with E-state index in [1.807, 2.05) is 6.92 Å².